The van der Waals surface area contributed by atoms with Gasteiger partial charge in [0, 0.05) is 49.5 Å². The van der Waals surface area contributed by atoms with Crippen molar-refractivity contribution in [1.82, 2.24) is 58.6 Å². The maximum Gasteiger partial charge on any atom is 0.194 e. The maximum atomic E-state index is 13.8. The summed E-state index contributed by atoms with van der Waals surface area (Å²) in [6.07, 6.45) is 20.3. The Balaban J connectivity index is 0.000000170. The second kappa shape index (κ2) is 19.1. The summed E-state index contributed by atoms with van der Waals surface area (Å²) in [5.41, 5.74) is 5.26. The van der Waals surface area contributed by atoms with E-state index in [-0.39, 0.29) is 11.8 Å². The van der Waals surface area contributed by atoms with Crippen molar-refractivity contribution >= 4 is 24.3 Å². The summed E-state index contributed by atoms with van der Waals surface area (Å²) in [5, 5.41) is 9.00. The monoisotopic (exact) mass is 932 g/mol. The summed E-state index contributed by atoms with van der Waals surface area (Å²) in [5.74, 6) is -5.18. The van der Waals surface area contributed by atoms with Gasteiger partial charge in [0.15, 0.2) is 46.6 Å². The molecule has 14 nitrogen and oxygen atoms in total. The van der Waals surface area contributed by atoms with Crippen LogP contribution in [0, 0.1) is 48.8 Å². The van der Waals surface area contributed by atoms with E-state index in [4.69, 9.17) is 9.47 Å². The van der Waals surface area contributed by atoms with Crippen molar-refractivity contribution < 1.29 is 35.8 Å². The third-order valence-electron chi connectivity index (χ3n) is 11.6. The van der Waals surface area contributed by atoms with Gasteiger partial charge in [-0.1, -0.05) is 0 Å². The molecule has 0 saturated carbocycles. The van der Waals surface area contributed by atoms with Crippen LogP contribution in [0.4, 0.5) is 26.3 Å². The van der Waals surface area contributed by atoms with E-state index < -0.39 is 34.9 Å². The molecule has 8 heterocycles. The van der Waals surface area contributed by atoms with Crippen LogP contribution in [0.15, 0.2) is 73.8 Å². The number of pyridine rings is 2. The minimum atomic E-state index is -1.47. The van der Waals surface area contributed by atoms with Gasteiger partial charge in [0.1, 0.15) is 34.5 Å². The first-order valence-electron chi connectivity index (χ1n) is 21.5. The molecule has 0 amide bonds. The van der Waals surface area contributed by atoms with E-state index in [9.17, 15) is 26.3 Å². The predicted molar refractivity (Wildman–Crippen MR) is 238 cm³/mol. The molecule has 68 heavy (non-hydrogen) atoms. The quantitative estimate of drug-likeness (QED) is 0.0962. The molecule has 0 bridgehead atoms. The van der Waals surface area contributed by atoms with Crippen LogP contribution in [0.2, 0.25) is 0 Å². The fraction of sp³-hybridized carbons (Fsp3) is 0.250. The maximum absolute atomic E-state index is 13.8. The lowest BCUT2D eigenvalue weighted by molar-refractivity contribution is 0.412. The Morgan fingerprint density at radius 2 is 0.941 bits per heavy atom. The summed E-state index contributed by atoms with van der Waals surface area (Å²) in [7, 11) is 3.17. The second-order valence-electron chi connectivity index (χ2n) is 16.2. The molecule has 0 unspecified atom stereocenters. The molecule has 0 fully saturated rings. The van der Waals surface area contributed by atoms with Gasteiger partial charge in [0.05, 0.1) is 62.0 Å². The van der Waals surface area contributed by atoms with Gasteiger partial charge in [-0.3, -0.25) is 9.97 Å². The van der Waals surface area contributed by atoms with E-state index in [1.165, 1.54) is 0 Å². The molecule has 0 radical (unpaired) electrons. The molecule has 0 aliphatic carbocycles. The van der Waals surface area contributed by atoms with Crippen molar-refractivity contribution in [1.29, 1.82) is 0 Å². The molecule has 348 valence electrons. The second-order valence-corrected chi connectivity index (χ2v) is 16.2. The number of methoxy groups -OCH3 is 2. The molecule has 6 aromatic heterocycles. The van der Waals surface area contributed by atoms with E-state index in [0.717, 1.165) is 59.9 Å². The van der Waals surface area contributed by atoms with Gasteiger partial charge in [-0.05, 0) is 99.2 Å². The van der Waals surface area contributed by atoms with Crippen LogP contribution in [-0.4, -0.2) is 72.8 Å². The van der Waals surface area contributed by atoms with Gasteiger partial charge < -0.3 is 18.6 Å². The predicted octanol–water partition coefficient (Wildman–Crippen LogP) is 9.38. The van der Waals surface area contributed by atoms with Gasteiger partial charge in [-0.25, -0.2) is 55.6 Å². The molecule has 8 aromatic rings. The van der Waals surface area contributed by atoms with Crippen molar-refractivity contribution in [3.8, 4) is 22.9 Å². The van der Waals surface area contributed by atoms with Crippen LogP contribution in [0.1, 0.15) is 94.7 Å². The number of imidazole rings is 2. The molecule has 0 saturated heterocycles. The summed E-state index contributed by atoms with van der Waals surface area (Å²) in [4.78, 5) is 26.5. The lowest BCUT2D eigenvalue weighted by Crippen LogP contribution is -2.18. The standard InChI is InChI=1S/2C24H21F3N6O/c2*1-14-12-32(13-29-14)20-11-28-16(10-21(20)34-2)5-6-22-30-24-17(4-3-7-33(24)31-22)15-8-18(25)23(27)19(26)9-15/h2*5-6,8-13,17H,3-4,7H2,1-2H3/b2*6-5+/t2*17-/m10/s1. The summed E-state index contributed by atoms with van der Waals surface area (Å²) >= 11 is 0. The zero-order chi connectivity index (χ0) is 47.6. The molecule has 0 N–H and O–H groups in total. The van der Waals surface area contributed by atoms with E-state index in [1.807, 2.05) is 35.4 Å². The number of hydrogen-bond donors (Lipinski definition) is 0. The van der Waals surface area contributed by atoms with Crippen molar-refractivity contribution in [2.45, 2.75) is 64.5 Å². The molecular weight excluding hydrogens is 891 g/mol. The van der Waals surface area contributed by atoms with Crippen molar-refractivity contribution in [3.63, 3.8) is 0 Å². The number of ether oxygens (including phenoxy) is 2. The Hall–Kier alpha value is -7.90. The van der Waals surface area contributed by atoms with E-state index in [2.05, 4.69) is 40.1 Å². The Labute approximate surface area is 385 Å². The van der Waals surface area contributed by atoms with Gasteiger partial charge in [-0.2, -0.15) is 10.2 Å². The lowest BCUT2D eigenvalue weighted by Gasteiger charge is -2.22. The van der Waals surface area contributed by atoms with Gasteiger partial charge in [0.2, 0.25) is 0 Å². The van der Waals surface area contributed by atoms with E-state index in [1.54, 1.807) is 85.1 Å². The molecular formula is C48H42F6N12O2. The molecule has 2 aromatic carbocycles. The number of rotatable bonds is 10. The third kappa shape index (κ3) is 9.38. The largest absolute Gasteiger partial charge is 0.494 e. The Kier molecular flexibility index (Phi) is 12.7. The number of hydrogen-bond acceptors (Lipinski definition) is 10. The van der Waals surface area contributed by atoms with Crippen LogP contribution >= 0.6 is 0 Å². The first-order chi connectivity index (χ1) is 32.8. The number of aryl methyl sites for hydroxylation is 4. The van der Waals surface area contributed by atoms with Crippen LogP contribution in [0.5, 0.6) is 11.5 Å². The lowest BCUT2D eigenvalue weighted by atomic mass is 9.91. The number of fused-ring (bicyclic) bond motifs is 2. The average molecular weight is 933 g/mol. The summed E-state index contributed by atoms with van der Waals surface area (Å²) < 4.78 is 100. The molecule has 2 atom stereocenters. The molecule has 10 rings (SSSR count). The molecule has 20 heteroatoms. The highest BCUT2D eigenvalue weighted by Crippen LogP contribution is 2.36. The minimum absolute atomic E-state index is 0.344. The van der Waals surface area contributed by atoms with Gasteiger partial charge >= 0.3 is 0 Å². The van der Waals surface area contributed by atoms with Crippen LogP contribution in [0.3, 0.4) is 0 Å². The normalized spacial score (nSPS) is 15.6. The Morgan fingerprint density at radius 1 is 0.544 bits per heavy atom. The number of halogens is 6. The van der Waals surface area contributed by atoms with Crippen LogP contribution < -0.4 is 9.47 Å². The minimum Gasteiger partial charge on any atom is -0.494 e. The van der Waals surface area contributed by atoms with Crippen molar-refractivity contribution in [3.05, 3.63) is 166 Å². The summed E-state index contributed by atoms with van der Waals surface area (Å²) in [6.45, 7) is 5.09. The average Bonchev–Trinajstić information content (AvgIpc) is 4.17. The number of aromatic nitrogens is 12. The SMILES string of the molecule is COc1cc(/C=C/c2nc3n(n2)CCC[C@@H]3c2cc(F)c(F)c(F)c2)ncc1-n1cnc(C)c1.COc1cc(/C=C/c2nc3n(n2)CCC[C@H]3c2cc(F)c(F)c(F)c2)ncc1-n1cnc(C)c1. The highest BCUT2D eigenvalue weighted by Gasteiger charge is 2.29. The number of benzene rings is 2. The van der Waals surface area contributed by atoms with Gasteiger partial charge in [-0.15, -0.1) is 0 Å². The Bertz CT molecular complexity index is 2950. The first-order valence-corrected chi connectivity index (χ1v) is 21.5. The fourth-order valence-electron chi connectivity index (χ4n) is 8.28. The van der Waals surface area contributed by atoms with Gasteiger partial charge in [0.25, 0.3) is 0 Å². The fourth-order valence-corrected chi connectivity index (χ4v) is 8.28. The highest BCUT2D eigenvalue weighted by atomic mass is 19.2. The van der Waals surface area contributed by atoms with Crippen molar-refractivity contribution in [2.75, 3.05) is 14.2 Å². The molecule has 0 spiro atoms. The van der Waals surface area contributed by atoms with Crippen molar-refractivity contribution in [2.24, 2.45) is 0 Å². The number of nitrogens with zero attached hydrogens (tertiary/aromatic N) is 12. The van der Waals surface area contributed by atoms with E-state index in [0.29, 0.717) is 83.2 Å². The summed E-state index contributed by atoms with van der Waals surface area (Å²) in [6, 6.07) is 7.71. The zero-order valence-electron chi connectivity index (χ0n) is 37.1. The third-order valence-corrected chi connectivity index (χ3v) is 11.6. The van der Waals surface area contributed by atoms with Crippen LogP contribution in [0.25, 0.3) is 35.7 Å². The van der Waals surface area contributed by atoms with E-state index >= 15 is 0 Å². The Morgan fingerprint density at radius 3 is 1.29 bits per heavy atom. The smallest absolute Gasteiger partial charge is 0.194 e. The highest BCUT2D eigenvalue weighted by molar-refractivity contribution is 5.67. The topological polar surface area (TPSA) is 141 Å². The molecule has 2 aliphatic heterocycles. The zero-order valence-corrected chi connectivity index (χ0v) is 37.1. The first kappa shape index (κ1) is 45.3. The molecule has 2 aliphatic rings. The van der Waals surface area contributed by atoms with Crippen LogP contribution in [-0.2, 0) is 13.1 Å².